The number of hydrogen-bond donors (Lipinski definition) is 0. The summed E-state index contributed by atoms with van der Waals surface area (Å²) in [5.74, 6) is 0.119. The van der Waals surface area contributed by atoms with Gasteiger partial charge in [-0.2, -0.15) is 0 Å². The molecule has 0 N–H and O–H groups in total. The summed E-state index contributed by atoms with van der Waals surface area (Å²) in [6, 6.07) is 6.46. The van der Waals surface area contributed by atoms with Crippen LogP contribution < -0.4 is 4.90 Å². The lowest BCUT2D eigenvalue weighted by Crippen LogP contribution is -2.14. The fourth-order valence-corrected chi connectivity index (χ4v) is 2.24. The average molecular weight is 203 g/mol. The first kappa shape index (κ1) is 10.2. The number of hydrogen-bond acceptors (Lipinski definition) is 2. The molecule has 0 spiro atoms. The van der Waals surface area contributed by atoms with Gasteiger partial charge in [0, 0.05) is 25.7 Å². The van der Waals surface area contributed by atoms with E-state index >= 15 is 0 Å². The second-order valence-electron chi connectivity index (χ2n) is 4.41. The van der Waals surface area contributed by atoms with Crippen molar-refractivity contribution < 1.29 is 4.79 Å². The van der Waals surface area contributed by atoms with Crippen molar-refractivity contribution in [2.45, 2.75) is 25.2 Å². The Labute approximate surface area is 90.9 Å². The Kier molecular flexibility index (Phi) is 2.76. The Hall–Kier alpha value is -1.31. The number of anilines is 1. The van der Waals surface area contributed by atoms with Crippen LogP contribution in [0.15, 0.2) is 18.2 Å². The van der Waals surface area contributed by atoms with Crippen LogP contribution in [0.5, 0.6) is 0 Å². The van der Waals surface area contributed by atoms with Gasteiger partial charge >= 0.3 is 0 Å². The van der Waals surface area contributed by atoms with E-state index in [1.807, 2.05) is 14.1 Å². The largest absolute Gasteiger partial charge is 0.378 e. The van der Waals surface area contributed by atoms with Crippen molar-refractivity contribution in [1.29, 1.82) is 0 Å². The highest BCUT2D eigenvalue weighted by molar-refractivity contribution is 5.66. The van der Waals surface area contributed by atoms with Crippen molar-refractivity contribution in [1.82, 2.24) is 0 Å². The highest BCUT2D eigenvalue weighted by Gasteiger charge is 2.19. The van der Waals surface area contributed by atoms with E-state index in [0.29, 0.717) is 0 Å². The predicted octanol–water partition coefficient (Wildman–Crippen LogP) is 2.37. The normalized spacial score (nSPS) is 19.5. The van der Waals surface area contributed by atoms with Gasteiger partial charge in [0.2, 0.25) is 0 Å². The molecule has 1 unspecified atom stereocenters. The molecule has 1 aliphatic carbocycles. The number of nitrogens with zero attached hydrogens (tertiary/aromatic N) is 1. The van der Waals surface area contributed by atoms with Crippen molar-refractivity contribution in [3.8, 4) is 0 Å². The fraction of sp³-hybridized carbons (Fsp3) is 0.462. The Morgan fingerprint density at radius 1 is 1.40 bits per heavy atom. The molecule has 0 radical (unpaired) electrons. The topological polar surface area (TPSA) is 20.3 Å². The van der Waals surface area contributed by atoms with E-state index in [-0.39, 0.29) is 5.92 Å². The molecule has 0 bridgehead atoms. The van der Waals surface area contributed by atoms with Gasteiger partial charge in [0.1, 0.15) is 6.29 Å². The Balaban J connectivity index is 2.43. The van der Waals surface area contributed by atoms with Crippen molar-refractivity contribution in [2.75, 3.05) is 19.0 Å². The average Bonchev–Trinajstić information content (AvgIpc) is 2.27. The minimum Gasteiger partial charge on any atom is -0.378 e. The van der Waals surface area contributed by atoms with Gasteiger partial charge in [-0.3, -0.25) is 0 Å². The van der Waals surface area contributed by atoms with Crippen LogP contribution >= 0.6 is 0 Å². The third kappa shape index (κ3) is 1.89. The zero-order valence-electron chi connectivity index (χ0n) is 9.36. The summed E-state index contributed by atoms with van der Waals surface area (Å²) in [6.07, 6.45) is 4.36. The van der Waals surface area contributed by atoms with Gasteiger partial charge < -0.3 is 9.69 Å². The van der Waals surface area contributed by atoms with Crippen LogP contribution in [0, 0.1) is 0 Å². The molecule has 0 fully saturated rings. The lowest BCUT2D eigenvalue weighted by Gasteiger charge is -2.23. The third-order valence-electron chi connectivity index (χ3n) is 3.17. The first-order chi connectivity index (χ1) is 7.22. The molecule has 0 aromatic heterocycles. The number of fused-ring (bicyclic) bond motifs is 1. The maximum absolute atomic E-state index is 11.0. The molecule has 0 aliphatic heterocycles. The smallest absolute Gasteiger partial charge is 0.127 e. The zero-order chi connectivity index (χ0) is 10.8. The molecule has 2 rings (SSSR count). The third-order valence-corrected chi connectivity index (χ3v) is 3.17. The van der Waals surface area contributed by atoms with E-state index in [2.05, 4.69) is 23.1 Å². The molecule has 1 aromatic rings. The van der Waals surface area contributed by atoms with Gasteiger partial charge in [-0.1, -0.05) is 6.07 Å². The van der Waals surface area contributed by atoms with Gasteiger partial charge in [-0.15, -0.1) is 0 Å². The quantitative estimate of drug-likeness (QED) is 0.688. The summed E-state index contributed by atoms with van der Waals surface area (Å²) in [5.41, 5.74) is 3.77. The van der Waals surface area contributed by atoms with Gasteiger partial charge in [0.25, 0.3) is 0 Å². The lowest BCUT2D eigenvalue weighted by atomic mass is 9.83. The van der Waals surface area contributed by atoms with Gasteiger partial charge in [0.05, 0.1) is 0 Å². The maximum atomic E-state index is 11.0. The number of aldehydes is 1. The first-order valence-corrected chi connectivity index (χ1v) is 5.48. The Morgan fingerprint density at radius 3 is 2.87 bits per heavy atom. The molecule has 0 amide bonds. The summed E-state index contributed by atoms with van der Waals surface area (Å²) in [7, 11) is 4.06. The van der Waals surface area contributed by atoms with Crippen molar-refractivity contribution in [3.05, 3.63) is 29.3 Å². The molecular weight excluding hydrogens is 186 g/mol. The number of carbonyl (C=O) groups excluding carboxylic acids is 1. The Morgan fingerprint density at radius 2 is 2.20 bits per heavy atom. The molecule has 0 saturated carbocycles. The number of aryl methyl sites for hydroxylation is 1. The van der Waals surface area contributed by atoms with Gasteiger partial charge in [-0.05, 0) is 42.5 Å². The molecule has 1 atom stereocenters. The summed E-state index contributed by atoms with van der Waals surface area (Å²) < 4.78 is 0. The minimum atomic E-state index is 0.119. The fourth-order valence-electron chi connectivity index (χ4n) is 2.24. The van der Waals surface area contributed by atoms with E-state index in [0.717, 1.165) is 25.5 Å². The molecule has 2 nitrogen and oxygen atoms in total. The highest BCUT2D eigenvalue weighted by atomic mass is 16.1. The van der Waals surface area contributed by atoms with E-state index in [1.165, 1.54) is 16.8 Å². The summed E-state index contributed by atoms with van der Waals surface area (Å²) in [6.45, 7) is 0. The van der Waals surface area contributed by atoms with Crippen LogP contribution in [0.4, 0.5) is 5.69 Å². The van der Waals surface area contributed by atoms with Crippen LogP contribution in [0.1, 0.15) is 29.9 Å². The van der Waals surface area contributed by atoms with Crippen LogP contribution in [0.2, 0.25) is 0 Å². The predicted molar refractivity (Wildman–Crippen MR) is 62.5 cm³/mol. The second-order valence-corrected chi connectivity index (χ2v) is 4.41. The monoisotopic (exact) mass is 203 g/mol. The Bertz CT molecular complexity index is 371. The standard InChI is InChI=1S/C13H17NO/c1-14(2)12-7-6-10-4-3-5-11(9-15)13(10)8-12/h6-9,11H,3-5H2,1-2H3. The highest BCUT2D eigenvalue weighted by Crippen LogP contribution is 2.32. The van der Waals surface area contributed by atoms with Gasteiger partial charge in [0.15, 0.2) is 0 Å². The number of rotatable bonds is 2. The minimum absolute atomic E-state index is 0.119. The summed E-state index contributed by atoms with van der Waals surface area (Å²) >= 11 is 0. The molecule has 2 heteroatoms. The summed E-state index contributed by atoms with van der Waals surface area (Å²) in [5, 5.41) is 0. The van der Waals surface area contributed by atoms with Gasteiger partial charge in [-0.25, -0.2) is 0 Å². The summed E-state index contributed by atoms with van der Waals surface area (Å²) in [4.78, 5) is 13.1. The van der Waals surface area contributed by atoms with E-state index < -0.39 is 0 Å². The van der Waals surface area contributed by atoms with E-state index in [1.54, 1.807) is 0 Å². The van der Waals surface area contributed by atoms with Crippen molar-refractivity contribution in [2.24, 2.45) is 0 Å². The van der Waals surface area contributed by atoms with E-state index in [4.69, 9.17) is 0 Å². The molecule has 0 saturated heterocycles. The van der Waals surface area contributed by atoms with Crippen LogP contribution in [-0.2, 0) is 11.2 Å². The lowest BCUT2D eigenvalue weighted by molar-refractivity contribution is -0.109. The maximum Gasteiger partial charge on any atom is 0.127 e. The molecule has 80 valence electrons. The number of carbonyl (C=O) groups is 1. The molecule has 1 aromatic carbocycles. The SMILES string of the molecule is CN(C)c1ccc2c(c1)C(C=O)CCC2. The second kappa shape index (κ2) is 4.05. The van der Waals surface area contributed by atoms with Crippen LogP contribution in [0.3, 0.4) is 0 Å². The van der Waals surface area contributed by atoms with Crippen molar-refractivity contribution >= 4 is 12.0 Å². The molecule has 1 aliphatic rings. The molecule has 0 heterocycles. The zero-order valence-corrected chi connectivity index (χ0v) is 9.36. The van der Waals surface area contributed by atoms with Crippen LogP contribution in [0.25, 0.3) is 0 Å². The van der Waals surface area contributed by atoms with Crippen LogP contribution in [-0.4, -0.2) is 20.4 Å². The molecule has 15 heavy (non-hydrogen) atoms. The van der Waals surface area contributed by atoms with E-state index in [9.17, 15) is 4.79 Å². The number of benzene rings is 1. The molecular formula is C13H17NO. The first-order valence-electron chi connectivity index (χ1n) is 5.48. The van der Waals surface area contributed by atoms with Crippen molar-refractivity contribution in [3.63, 3.8) is 0 Å².